The van der Waals surface area contributed by atoms with Gasteiger partial charge in [-0.15, -0.1) is 11.3 Å². The fourth-order valence-electron chi connectivity index (χ4n) is 2.38. The quantitative estimate of drug-likeness (QED) is 0.675. The maximum absolute atomic E-state index is 12.1. The van der Waals surface area contributed by atoms with Gasteiger partial charge in [-0.3, -0.25) is 4.79 Å². The molecule has 21 heavy (non-hydrogen) atoms. The second-order valence-corrected chi connectivity index (χ2v) is 6.22. The summed E-state index contributed by atoms with van der Waals surface area (Å²) in [5.74, 6) is -0.119. The first-order valence-electron chi connectivity index (χ1n) is 6.39. The van der Waals surface area contributed by atoms with Gasteiger partial charge < -0.3 is 5.32 Å². The van der Waals surface area contributed by atoms with Crippen LogP contribution in [0.1, 0.15) is 10.6 Å². The summed E-state index contributed by atoms with van der Waals surface area (Å²) in [5.41, 5.74) is 3.16. The number of aromatic nitrogens is 1. The summed E-state index contributed by atoms with van der Waals surface area (Å²) < 4.78 is 1.11. The third-order valence-electron chi connectivity index (χ3n) is 3.34. The number of carbonyl (C=O) groups is 1. The van der Waals surface area contributed by atoms with Gasteiger partial charge in [-0.1, -0.05) is 23.7 Å². The van der Waals surface area contributed by atoms with Gasteiger partial charge in [-0.2, -0.15) is 0 Å². The number of para-hydroxylation sites is 1. The predicted octanol–water partition coefficient (Wildman–Crippen LogP) is 4.44. The Bertz CT molecular complexity index is 881. The highest BCUT2D eigenvalue weighted by Gasteiger charge is 2.24. The molecular weight excluding hydrogens is 304 g/mol. The maximum Gasteiger partial charge on any atom is 0.256 e. The Morgan fingerprint density at radius 3 is 2.90 bits per heavy atom. The number of nitrogens with one attached hydrogen (secondary N) is 1. The lowest BCUT2D eigenvalue weighted by Gasteiger charge is -1.97. The van der Waals surface area contributed by atoms with Gasteiger partial charge in [0.05, 0.1) is 15.8 Å². The molecule has 2 aromatic carbocycles. The van der Waals surface area contributed by atoms with Crippen LogP contribution in [0.5, 0.6) is 0 Å². The monoisotopic (exact) mass is 312 g/mol. The van der Waals surface area contributed by atoms with Crippen molar-refractivity contribution in [3.63, 3.8) is 0 Å². The number of anilines is 1. The molecule has 4 rings (SSSR count). The average molecular weight is 313 g/mol. The van der Waals surface area contributed by atoms with Crippen molar-refractivity contribution in [1.29, 1.82) is 0 Å². The number of amides is 1. The molecule has 3 nitrogen and oxygen atoms in total. The minimum absolute atomic E-state index is 0.119. The van der Waals surface area contributed by atoms with E-state index in [0.717, 1.165) is 26.5 Å². The average Bonchev–Trinajstić information content (AvgIpc) is 3.01. The Morgan fingerprint density at radius 2 is 2.05 bits per heavy atom. The van der Waals surface area contributed by atoms with E-state index >= 15 is 0 Å². The molecule has 0 spiro atoms. The van der Waals surface area contributed by atoms with Crippen molar-refractivity contribution in [1.82, 2.24) is 4.98 Å². The molecule has 5 heteroatoms. The Balaban J connectivity index is 1.86. The Kier molecular flexibility index (Phi) is 2.80. The number of halogens is 1. The summed E-state index contributed by atoms with van der Waals surface area (Å²) in [7, 11) is 0. The molecule has 2 heterocycles. The van der Waals surface area contributed by atoms with Crippen molar-refractivity contribution < 1.29 is 4.79 Å². The predicted molar refractivity (Wildman–Crippen MR) is 87.6 cm³/mol. The van der Waals surface area contributed by atoms with Gasteiger partial charge in [0.25, 0.3) is 5.91 Å². The number of rotatable bonds is 1. The van der Waals surface area contributed by atoms with Crippen LogP contribution in [-0.2, 0) is 4.79 Å². The van der Waals surface area contributed by atoms with E-state index in [1.165, 1.54) is 0 Å². The molecule has 1 N–H and O–H groups in total. The summed E-state index contributed by atoms with van der Waals surface area (Å²) in [6.07, 6.45) is 1.82. The number of benzene rings is 2. The first kappa shape index (κ1) is 12.6. The molecule has 0 saturated heterocycles. The molecule has 1 aliphatic rings. The fraction of sp³-hybridized carbons (Fsp3) is 0. The zero-order chi connectivity index (χ0) is 14.4. The molecule has 0 bridgehead atoms. The maximum atomic E-state index is 12.1. The van der Waals surface area contributed by atoms with E-state index in [-0.39, 0.29) is 5.91 Å². The van der Waals surface area contributed by atoms with E-state index in [2.05, 4.69) is 10.3 Å². The lowest BCUT2D eigenvalue weighted by atomic mass is 10.1. The van der Waals surface area contributed by atoms with Crippen LogP contribution in [0, 0.1) is 0 Å². The molecule has 0 aliphatic carbocycles. The van der Waals surface area contributed by atoms with E-state index in [1.54, 1.807) is 23.5 Å². The van der Waals surface area contributed by atoms with Crippen LogP contribution >= 0.6 is 22.9 Å². The van der Waals surface area contributed by atoms with Crippen LogP contribution in [0.15, 0.2) is 42.5 Å². The second kappa shape index (κ2) is 4.69. The highest BCUT2D eigenvalue weighted by atomic mass is 35.5. The van der Waals surface area contributed by atoms with Gasteiger partial charge in [0.1, 0.15) is 5.01 Å². The lowest BCUT2D eigenvalue weighted by Crippen LogP contribution is -2.03. The summed E-state index contributed by atoms with van der Waals surface area (Å²) in [6.45, 7) is 0. The first-order valence-corrected chi connectivity index (χ1v) is 7.59. The molecule has 1 amide bonds. The molecular formula is C16H9ClN2OS. The highest BCUT2D eigenvalue weighted by molar-refractivity contribution is 7.19. The molecule has 1 aliphatic heterocycles. The van der Waals surface area contributed by atoms with Crippen molar-refractivity contribution in [3.05, 3.63) is 58.1 Å². The van der Waals surface area contributed by atoms with Gasteiger partial charge in [0.2, 0.25) is 0 Å². The number of fused-ring (bicyclic) bond motifs is 2. The van der Waals surface area contributed by atoms with Crippen molar-refractivity contribution in [2.45, 2.75) is 0 Å². The third-order valence-corrected chi connectivity index (χ3v) is 4.56. The summed E-state index contributed by atoms with van der Waals surface area (Å²) in [6, 6.07) is 13.3. The van der Waals surface area contributed by atoms with Crippen LogP contribution in [0.25, 0.3) is 21.9 Å². The molecule has 0 radical (unpaired) electrons. The zero-order valence-electron chi connectivity index (χ0n) is 10.8. The molecule has 1 aromatic heterocycles. The van der Waals surface area contributed by atoms with Gasteiger partial charge in [-0.05, 0) is 36.4 Å². The third kappa shape index (κ3) is 2.13. The van der Waals surface area contributed by atoms with Gasteiger partial charge in [-0.25, -0.2) is 4.98 Å². The van der Waals surface area contributed by atoms with Crippen LogP contribution in [-0.4, -0.2) is 10.9 Å². The van der Waals surface area contributed by atoms with Crippen LogP contribution < -0.4 is 5.32 Å². The molecule has 0 fully saturated rings. The van der Waals surface area contributed by atoms with Crippen molar-refractivity contribution in [2.75, 3.05) is 5.32 Å². The molecule has 0 atom stereocenters. The minimum atomic E-state index is -0.119. The summed E-state index contributed by atoms with van der Waals surface area (Å²) in [4.78, 5) is 16.7. The number of nitrogens with zero attached hydrogens (tertiary/aromatic N) is 1. The normalized spacial score (nSPS) is 15.5. The number of hydrogen-bond donors (Lipinski definition) is 1. The van der Waals surface area contributed by atoms with Crippen LogP contribution in [0.2, 0.25) is 5.02 Å². The second-order valence-electron chi connectivity index (χ2n) is 4.72. The number of hydrogen-bond acceptors (Lipinski definition) is 3. The van der Waals surface area contributed by atoms with E-state index in [1.807, 2.05) is 36.4 Å². The zero-order valence-corrected chi connectivity index (χ0v) is 12.3. The number of thiazole rings is 1. The Labute approximate surface area is 129 Å². The standard InChI is InChI=1S/C16H9ClN2OS/c17-9-5-6-12-10(7-9)11(16(20)19-12)8-15-18-13-3-1-2-4-14(13)21-15/h1-8H,(H,19,20)/b11-8+. The molecule has 102 valence electrons. The molecule has 0 unspecified atom stereocenters. The van der Waals surface area contributed by atoms with Crippen LogP contribution in [0.4, 0.5) is 5.69 Å². The highest BCUT2D eigenvalue weighted by Crippen LogP contribution is 2.35. The van der Waals surface area contributed by atoms with Gasteiger partial charge in [0, 0.05) is 16.3 Å². The van der Waals surface area contributed by atoms with Crippen molar-refractivity contribution in [2.24, 2.45) is 0 Å². The summed E-state index contributed by atoms with van der Waals surface area (Å²) in [5, 5.41) is 4.27. The molecule has 0 saturated carbocycles. The Morgan fingerprint density at radius 1 is 1.19 bits per heavy atom. The molecule has 3 aromatic rings. The van der Waals surface area contributed by atoms with Crippen molar-refractivity contribution >= 4 is 56.4 Å². The topological polar surface area (TPSA) is 42.0 Å². The SMILES string of the molecule is O=C1Nc2ccc(Cl)cc2/C1=C\c1nc2ccccc2s1. The van der Waals surface area contributed by atoms with E-state index in [0.29, 0.717) is 10.6 Å². The number of carbonyl (C=O) groups excluding carboxylic acids is 1. The van der Waals surface area contributed by atoms with E-state index in [4.69, 9.17) is 11.6 Å². The van der Waals surface area contributed by atoms with E-state index in [9.17, 15) is 4.79 Å². The van der Waals surface area contributed by atoms with Gasteiger partial charge in [0.15, 0.2) is 0 Å². The van der Waals surface area contributed by atoms with Crippen molar-refractivity contribution in [3.8, 4) is 0 Å². The fourth-order valence-corrected chi connectivity index (χ4v) is 3.46. The largest absolute Gasteiger partial charge is 0.321 e. The lowest BCUT2D eigenvalue weighted by molar-refractivity contribution is -0.110. The summed E-state index contributed by atoms with van der Waals surface area (Å²) >= 11 is 7.59. The smallest absolute Gasteiger partial charge is 0.256 e. The van der Waals surface area contributed by atoms with Crippen LogP contribution in [0.3, 0.4) is 0 Å². The minimum Gasteiger partial charge on any atom is -0.321 e. The van der Waals surface area contributed by atoms with Gasteiger partial charge >= 0.3 is 0 Å². The first-order chi connectivity index (χ1) is 10.2. The Hall–Kier alpha value is -2.17. The van der Waals surface area contributed by atoms with E-state index < -0.39 is 0 Å².